The number of para-hydroxylation sites is 1. The predicted octanol–water partition coefficient (Wildman–Crippen LogP) is 1.64. The molecule has 5 nitrogen and oxygen atoms in total. The van der Waals surface area contributed by atoms with Gasteiger partial charge in [0.25, 0.3) is 6.01 Å². The molecule has 0 radical (unpaired) electrons. The van der Waals surface area contributed by atoms with Crippen LogP contribution in [-0.2, 0) is 4.74 Å². The number of nitrogens with zero attached hydrogens (tertiary/aromatic N) is 2. The first kappa shape index (κ1) is 10.4. The number of methoxy groups -OCH3 is 1. The number of hydrogen-bond donors (Lipinski definition) is 1. The number of nitrogens with two attached hydrogens (primary N) is 1. The van der Waals surface area contributed by atoms with E-state index in [0.717, 1.165) is 30.6 Å². The predicted molar refractivity (Wildman–Crippen MR) is 66.0 cm³/mol. The van der Waals surface area contributed by atoms with Gasteiger partial charge in [-0.25, -0.2) is 0 Å². The summed E-state index contributed by atoms with van der Waals surface area (Å²) < 4.78 is 11.0. The second-order valence-electron chi connectivity index (χ2n) is 4.28. The SMILES string of the molecule is COC1CCN(c2nc3c(N)cccc3o2)C1. The molecular weight excluding hydrogens is 218 g/mol. The van der Waals surface area contributed by atoms with Crippen LogP contribution in [0.25, 0.3) is 11.1 Å². The Labute approximate surface area is 99.2 Å². The minimum atomic E-state index is 0.266. The second kappa shape index (κ2) is 3.92. The molecule has 0 aliphatic carbocycles. The molecule has 0 saturated carbocycles. The van der Waals surface area contributed by atoms with E-state index in [1.807, 2.05) is 18.2 Å². The Bertz CT molecular complexity index is 538. The van der Waals surface area contributed by atoms with Crippen molar-refractivity contribution in [3.8, 4) is 0 Å². The van der Waals surface area contributed by atoms with Gasteiger partial charge in [0.1, 0.15) is 5.52 Å². The van der Waals surface area contributed by atoms with Crippen molar-refractivity contribution in [2.75, 3.05) is 30.8 Å². The van der Waals surface area contributed by atoms with E-state index in [1.165, 1.54) is 0 Å². The molecular formula is C12H15N3O2. The molecule has 0 spiro atoms. The Morgan fingerprint density at radius 2 is 2.41 bits per heavy atom. The normalized spacial score (nSPS) is 20.3. The maximum Gasteiger partial charge on any atom is 0.298 e. The topological polar surface area (TPSA) is 64.5 Å². The number of hydrogen-bond acceptors (Lipinski definition) is 5. The third-order valence-corrected chi connectivity index (χ3v) is 3.19. The zero-order chi connectivity index (χ0) is 11.8. The molecule has 2 heterocycles. The highest BCUT2D eigenvalue weighted by Gasteiger charge is 2.25. The molecule has 90 valence electrons. The lowest BCUT2D eigenvalue weighted by Crippen LogP contribution is -2.22. The van der Waals surface area contributed by atoms with Crippen molar-refractivity contribution in [1.29, 1.82) is 0 Å². The fourth-order valence-electron chi connectivity index (χ4n) is 2.19. The number of oxazole rings is 1. The van der Waals surface area contributed by atoms with Gasteiger partial charge >= 0.3 is 0 Å². The average molecular weight is 233 g/mol. The molecule has 0 amide bonds. The van der Waals surface area contributed by atoms with Crippen LogP contribution in [0.2, 0.25) is 0 Å². The number of fused-ring (bicyclic) bond motifs is 1. The molecule has 1 aliphatic heterocycles. The molecule has 2 aromatic rings. The van der Waals surface area contributed by atoms with Gasteiger partial charge in [0.15, 0.2) is 5.58 Å². The first-order valence-corrected chi connectivity index (χ1v) is 5.70. The molecule has 1 aromatic heterocycles. The van der Waals surface area contributed by atoms with Crippen LogP contribution in [-0.4, -0.2) is 31.3 Å². The molecule has 1 saturated heterocycles. The van der Waals surface area contributed by atoms with Gasteiger partial charge in [0.2, 0.25) is 0 Å². The Hall–Kier alpha value is -1.75. The standard InChI is InChI=1S/C12H15N3O2/c1-16-8-5-6-15(7-8)12-14-11-9(13)3-2-4-10(11)17-12/h2-4,8H,5-7,13H2,1H3. The number of ether oxygens (including phenoxy) is 1. The number of anilines is 2. The van der Waals surface area contributed by atoms with Gasteiger partial charge in [0.05, 0.1) is 11.8 Å². The smallest absolute Gasteiger partial charge is 0.298 e. The highest BCUT2D eigenvalue weighted by molar-refractivity contribution is 5.86. The van der Waals surface area contributed by atoms with Gasteiger partial charge in [0, 0.05) is 20.2 Å². The molecule has 17 heavy (non-hydrogen) atoms. The fourth-order valence-corrected chi connectivity index (χ4v) is 2.19. The van der Waals surface area contributed by atoms with Crippen molar-refractivity contribution in [3.63, 3.8) is 0 Å². The van der Waals surface area contributed by atoms with Gasteiger partial charge in [-0.3, -0.25) is 0 Å². The second-order valence-corrected chi connectivity index (χ2v) is 4.28. The first-order chi connectivity index (χ1) is 8.28. The van der Waals surface area contributed by atoms with Crippen LogP contribution < -0.4 is 10.6 Å². The van der Waals surface area contributed by atoms with E-state index in [0.29, 0.717) is 11.7 Å². The molecule has 5 heteroatoms. The Kier molecular flexibility index (Phi) is 2.40. The first-order valence-electron chi connectivity index (χ1n) is 5.70. The zero-order valence-corrected chi connectivity index (χ0v) is 9.72. The number of benzene rings is 1. The van der Waals surface area contributed by atoms with Crippen molar-refractivity contribution < 1.29 is 9.15 Å². The quantitative estimate of drug-likeness (QED) is 0.799. The van der Waals surface area contributed by atoms with Crippen molar-refractivity contribution >= 4 is 22.8 Å². The summed E-state index contributed by atoms with van der Waals surface area (Å²) in [4.78, 5) is 6.53. The molecule has 1 aromatic carbocycles. The van der Waals surface area contributed by atoms with Crippen molar-refractivity contribution in [3.05, 3.63) is 18.2 Å². The summed E-state index contributed by atoms with van der Waals surface area (Å²) in [5.41, 5.74) is 7.98. The maximum atomic E-state index is 5.86. The van der Waals surface area contributed by atoms with Gasteiger partial charge in [-0.2, -0.15) is 4.98 Å². The van der Waals surface area contributed by atoms with Crippen molar-refractivity contribution in [2.45, 2.75) is 12.5 Å². The molecule has 0 bridgehead atoms. The Morgan fingerprint density at radius 1 is 1.53 bits per heavy atom. The lowest BCUT2D eigenvalue weighted by atomic mass is 10.3. The van der Waals surface area contributed by atoms with Crippen LogP contribution in [0.15, 0.2) is 22.6 Å². The third-order valence-electron chi connectivity index (χ3n) is 3.19. The number of rotatable bonds is 2. The number of nitrogen functional groups attached to an aromatic ring is 1. The van der Waals surface area contributed by atoms with E-state index in [4.69, 9.17) is 14.9 Å². The number of aromatic nitrogens is 1. The lowest BCUT2D eigenvalue weighted by molar-refractivity contribution is 0.121. The van der Waals surface area contributed by atoms with Crippen LogP contribution >= 0.6 is 0 Å². The minimum Gasteiger partial charge on any atom is -0.423 e. The van der Waals surface area contributed by atoms with Gasteiger partial charge < -0.3 is 19.8 Å². The minimum absolute atomic E-state index is 0.266. The maximum absolute atomic E-state index is 5.86. The van der Waals surface area contributed by atoms with Crippen LogP contribution in [0.5, 0.6) is 0 Å². The van der Waals surface area contributed by atoms with Gasteiger partial charge in [-0.15, -0.1) is 0 Å². The third kappa shape index (κ3) is 1.72. The van der Waals surface area contributed by atoms with E-state index in [-0.39, 0.29) is 6.10 Å². The zero-order valence-electron chi connectivity index (χ0n) is 9.72. The average Bonchev–Trinajstić information content (AvgIpc) is 2.95. The van der Waals surface area contributed by atoms with Crippen LogP contribution in [0.3, 0.4) is 0 Å². The summed E-state index contributed by atoms with van der Waals surface area (Å²) >= 11 is 0. The molecule has 1 fully saturated rings. The Balaban J connectivity index is 1.94. The summed E-state index contributed by atoms with van der Waals surface area (Å²) in [5.74, 6) is 0. The summed E-state index contributed by atoms with van der Waals surface area (Å²) in [6, 6.07) is 6.22. The largest absolute Gasteiger partial charge is 0.423 e. The molecule has 1 aliphatic rings. The summed E-state index contributed by atoms with van der Waals surface area (Å²) in [6.07, 6.45) is 1.27. The molecule has 1 unspecified atom stereocenters. The molecule has 3 rings (SSSR count). The summed E-state index contributed by atoms with van der Waals surface area (Å²) in [6.45, 7) is 1.73. The van der Waals surface area contributed by atoms with E-state index >= 15 is 0 Å². The van der Waals surface area contributed by atoms with E-state index in [1.54, 1.807) is 7.11 Å². The Morgan fingerprint density at radius 3 is 3.12 bits per heavy atom. The van der Waals surface area contributed by atoms with Crippen LogP contribution in [0, 0.1) is 0 Å². The molecule has 2 N–H and O–H groups in total. The van der Waals surface area contributed by atoms with Gasteiger partial charge in [-0.1, -0.05) is 6.07 Å². The fraction of sp³-hybridized carbons (Fsp3) is 0.417. The van der Waals surface area contributed by atoms with Crippen molar-refractivity contribution in [1.82, 2.24) is 4.98 Å². The van der Waals surface area contributed by atoms with E-state index in [2.05, 4.69) is 9.88 Å². The van der Waals surface area contributed by atoms with Crippen molar-refractivity contribution in [2.24, 2.45) is 0 Å². The lowest BCUT2D eigenvalue weighted by Gasteiger charge is -2.12. The highest BCUT2D eigenvalue weighted by Crippen LogP contribution is 2.28. The van der Waals surface area contributed by atoms with Gasteiger partial charge in [-0.05, 0) is 18.6 Å². The molecule has 1 atom stereocenters. The summed E-state index contributed by atoms with van der Waals surface area (Å²) in [5, 5.41) is 0. The van der Waals surface area contributed by atoms with E-state index in [9.17, 15) is 0 Å². The monoisotopic (exact) mass is 233 g/mol. The highest BCUT2D eigenvalue weighted by atomic mass is 16.5. The van der Waals surface area contributed by atoms with Crippen LogP contribution in [0.1, 0.15) is 6.42 Å². The van der Waals surface area contributed by atoms with Crippen LogP contribution in [0.4, 0.5) is 11.7 Å². The summed E-state index contributed by atoms with van der Waals surface area (Å²) in [7, 11) is 1.73. The van der Waals surface area contributed by atoms with E-state index < -0.39 is 0 Å².